The highest BCUT2D eigenvalue weighted by Crippen LogP contribution is 2.39. The number of carbonyl (C=O) groups is 2. The van der Waals surface area contributed by atoms with Crippen molar-refractivity contribution in [3.63, 3.8) is 0 Å². The average Bonchev–Trinajstić information content (AvgIpc) is 3.42. The van der Waals surface area contributed by atoms with Gasteiger partial charge in [-0.2, -0.15) is 5.26 Å². The summed E-state index contributed by atoms with van der Waals surface area (Å²) in [5.41, 5.74) is 5.45. The van der Waals surface area contributed by atoms with Crippen LogP contribution in [-0.4, -0.2) is 28.5 Å². The van der Waals surface area contributed by atoms with Crippen molar-refractivity contribution in [1.29, 1.82) is 5.26 Å². The summed E-state index contributed by atoms with van der Waals surface area (Å²) in [6, 6.07) is 15.3. The smallest absolute Gasteiger partial charge is 0.338 e. The number of nitrogens with one attached hydrogen (secondary N) is 2. The minimum Gasteiger partial charge on any atom is -0.452 e. The number of nitrogens with zero attached hydrogens (tertiary/aromatic N) is 2. The second kappa shape index (κ2) is 9.35. The normalized spacial score (nSPS) is 14.8. The summed E-state index contributed by atoms with van der Waals surface area (Å²) in [5, 5.41) is 12.9. The summed E-state index contributed by atoms with van der Waals surface area (Å²) in [7, 11) is 0. The molecule has 4 aromatic rings. The van der Waals surface area contributed by atoms with E-state index in [0.29, 0.717) is 33.4 Å². The first-order valence-corrected chi connectivity index (χ1v) is 12.3. The van der Waals surface area contributed by atoms with E-state index in [1.807, 2.05) is 31.2 Å². The Hall–Kier alpha value is -3.96. The second-order valence-corrected chi connectivity index (χ2v) is 10.1. The van der Waals surface area contributed by atoms with Gasteiger partial charge in [0.15, 0.2) is 6.61 Å². The monoisotopic (exact) mass is 484 g/mol. The van der Waals surface area contributed by atoms with Crippen LogP contribution >= 0.6 is 11.3 Å². The lowest BCUT2D eigenvalue weighted by Crippen LogP contribution is -2.20. The molecular formula is C27H24N4O3S. The highest BCUT2D eigenvalue weighted by Gasteiger charge is 2.25. The van der Waals surface area contributed by atoms with Crippen molar-refractivity contribution in [3.8, 4) is 17.5 Å². The van der Waals surface area contributed by atoms with Crippen molar-refractivity contribution in [1.82, 2.24) is 9.97 Å². The van der Waals surface area contributed by atoms with Gasteiger partial charge in [-0.1, -0.05) is 36.8 Å². The van der Waals surface area contributed by atoms with Crippen molar-refractivity contribution in [2.24, 2.45) is 5.92 Å². The van der Waals surface area contributed by atoms with E-state index in [-0.39, 0.29) is 0 Å². The first-order chi connectivity index (χ1) is 16.9. The molecule has 2 aromatic carbocycles. The fourth-order valence-electron chi connectivity index (χ4n) is 4.32. The maximum Gasteiger partial charge on any atom is 0.338 e. The van der Waals surface area contributed by atoms with Crippen molar-refractivity contribution < 1.29 is 14.3 Å². The molecule has 0 spiro atoms. The molecule has 0 aliphatic heterocycles. The van der Waals surface area contributed by atoms with E-state index in [2.05, 4.69) is 28.3 Å². The Bertz CT molecular complexity index is 1480. The Morgan fingerprint density at radius 1 is 1.26 bits per heavy atom. The molecule has 0 bridgehead atoms. The van der Waals surface area contributed by atoms with E-state index in [0.717, 1.165) is 46.3 Å². The summed E-state index contributed by atoms with van der Waals surface area (Å²) >= 11 is 1.45. The molecule has 7 nitrogen and oxygen atoms in total. The lowest BCUT2D eigenvalue weighted by Gasteiger charge is -2.17. The number of aromatic nitrogens is 2. The van der Waals surface area contributed by atoms with Gasteiger partial charge in [-0.05, 0) is 55.9 Å². The number of amides is 1. The Kier molecular flexibility index (Phi) is 6.10. The topological polar surface area (TPSA) is 108 Å². The highest BCUT2D eigenvalue weighted by molar-refractivity contribution is 7.16. The first-order valence-electron chi connectivity index (χ1n) is 11.5. The first kappa shape index (κ1) is 22.8. The quantitative estimate of drug-likeness (QED) is 0.369. The number of imidazole rings is 1. The largest absolute Gasteiger partial charge is 0.452 e. The van der Waals surface area contributed by atoms with Gasteiger partial charge in [-0.15, -0.1) is 11.3 Å². The number of carbonyl (C=O) groups excluding carboxylic acids is 2. The third-order valence-electron chi connectivity index (χ3n) is 6.25. The fourth-order valence-corrected chi connectivity index (χ4v) is 5.70. The molecule has 5 rings (SSSR count). The zero-order valence-electron chi connectivity index (χ0n) is 19.5. The van der Waals surface area contributed by atoms with Gasteiger partial charge in [0.25, 0.3) is 5.91 Å². The summed E-state index contributed by atoms with van der Waals surface area (Å²) in [6.07, 6.45) is 2.81. The van der Waals surface area contributed by atoms with Crippen molar-refractivity contribution >= 4 is 39.2 Å². The second-order valence-electron chi connectivity index (χ2n) is 8.98. The number of aryl methyl sites for hydroxylation is 1. The molecule has 1 atom stereocenters. The molecule has 0 fully saturated rings. The number of rotatable bonds is 5. The van der Waals surface area contributed by atoms with Gasteiger partial charge in [0.1, 0.15) is 16.9 Å². The maximum absolute atomic E-state index is 12.6. The number of hydrogen-bond donors (Lipinski definition) is 2. The van der Waals surface area contributed by atoms with Gasteiger partial charge < -0.3 is 15.0 Å². The molecule has 0 radical (unpaired) electrons. The number of benzene rings is 2. The van der Waals surface area contributed by atoms with Crippen LogP contribution in [0.2, 0.25) is 0 Å². The molecule has 1 amide bonds. The number of nitriles is 1. The molecule has 1 unspecified atom stereocenters. The molecule has 0 saturated carbocycles. The molecule has 2 N–H and O–H groups in total. The minimum atomic E-state index is -0.603. The van der Waals surface area contributed by atoms with Crippen molar-refractivity contribution in [2.75, 3.05) is 11.9 Å². The van der Waals surface area contributed by atoms with E-state index < -0.39 is 18.5 Å². The molecule has 0 saturated heterocycles. The Morgan fingerprint density at radius 3 is 2.83 bits per heavy atom. The molecule has 2 aromatic heterocycles. The number of fused-ring (bicyclic) bond motifs is 2. The van der Waals surface area contributed by atoms with Crippen molar-refractivity contribution in [3.05, 3.63) is 69.6 Å². The molecule has 1 aliphatic carbocycles. The number of anilines is 1. The third-order valence-corrected chi connectivity index (χ3v) is 7.42. The predicted molar refractivity (Wildman–Crippen MR) is 135 cm³/mol. The minimum absolute atomic E-state index is 0.322. The standard InChI is InChI=1S/C27H24N4O3S/c1-15-3-6-17(7-4-15)25-29-21-10-8-18(12-22(21)30-25)27(33)34-14-24(32)31-26-20(13-28)19-9-5-16(2)11-23(19)35-26/h3-4,6-8,10,12,16H,5,9,11,14H2,1-2H3,(H,29,30)(H,31,32). The van der Waals surface area contributed by atoms with Gasteiger partial charge in [0.2, 0.25) is 0 Å². The summed E-state index contributed by atoms with van der Waals surface area (Å²) in [6.45, 7) is 3.78. The zero-order chi connectivity index (χ0) is 24.5. The van der Waals surface area contributed by atoms with E-state index in [9.17, 15) is 14.9 Å². The maximum atomic E-state index is 12.6. The average molecular weight is 485 g/mol. The number of thiophene rings is 1. The molecule has 1 aliphatic rings. The van der Waals surface area contributed by atoms with E-state index in [1.165, 1.54) is 11.3 Å². The lowest BCUT2D eigenvalue weighted by atomic mass is 9.89. The SMILES string of the molecule is Cc1ccc(-c2nc3ccc(C(=O)OCC(=O)Nc4sc5c(c4C#N)CCC(C)C5)cc3[nH]2)cc1. The van der Waals surface area contributed by atoms with Crippen LogP contribution in [0.3, 0.4) is 0 Å². The van der Waals surface area contributed by atoms with Crippen LogP contribution < -0.4 is 5.32 Å². The summed E-state index contributed by atoms with van der Waals surface area (Å²) < 4.78 is 5.24. The zero-order valence-corrected chi connectivity index (χ0v) is 20.3. The van der Waals surface area contributed by atoms with Gasteiger partial charge in [0.05, 0.1) is 22.2 Å². The number of hydrogen-bond acceptors (Lipinski definition) is 6. The van der Waals surface area contributed by atoms with Crippen molar-refractivity contribution in [2.45, 2.75) is 33.1 Å². The van der Waals surface area contributed by atoms with Gasteiger partial charge in [0, 0.05) is 10.4 Å². The Labute approximate surface area is 206 Å². The summed E-state index contributed by atoms with van der Waals surface area (Å²) in [5.74, 6) is 0.211. The van der Waals surface area contributed by atoms with Crippen LogP contribution in [0, 0.1) is 24.2 Å². The van der Waals surface area contributed by atoms with Gasteiger partial charge in [-0.25, -0.2) is 9.78 Å². The molecule has 8 heteroatoms. The number of esters is 1. The van der Waals surface area contributed by atoms with Crippen LogP contribution in [0.1, 0.15) is 45.3 Å². The molecule has 176 valence electrons. The molecular weight excluding hydrogens is 460 g/mol. The molecule has 35 heavy (non-hydrogen) atoms. The van der Waals surface area contributed by atoms with Gasteiger partial charge >= 0.3 is 5.97 Å². The summed E-state index contributed by atoms with van der Waals surface area (Å²) in [4.78, 5) is 34.1. The lowest BCUT2D eigenvalue weighted by molar-refractivity contribution is -0.119. The van der Waals surface area contributed by atoms with Crippen LogP contribution in [0.25, 0.3) is 22.4 Å². The number of aromatic amines is 1. The van der Waals surface area contributed by atoms with Crippen LogP contribution in [0.5, 0.6) is 0 Å². The van der Waals surface area contributed by atoms with E-state index in [1.54, 1.807) is 18.2 Å². The van der Waals surface area contributed by atoms with Gasteiger partial charge in [-0.3, -0.25) is 4.79 Å². The Morgan fingerprint density at radius 2 is 2.06 bits per heavy atom. The van der Waals surface area contributed by atoms with E-state index >= 15 is 0 Å². The number of ether oxygens (including phenoxy) is 1. The third kappa shape index (κ3) is 4.68. The predicted octanol–water partition coefficient (Wildman–Crippen LogP) is 5.39. The molecule has 2 heterocycles. The number of H-pyrrole nitrogens is 1. The fraction of sp³-hybridized carbons (Fsp3) is 0.259. The van der Waals surface area contributed by atoms with Crippen LogP contribution in [0.4, 0.5) is 5.00 Å². The van der Waals surface area contributed by atoms with Crippen LogP contribution in [-0.2, 0) is 22.4 Å². The Balaban J connectivity index is 1.25. The van der Waals surface area contributed by atoms with Crippen LogP contribution in [0.15, 0.2) is 42.5 Å². The van der Waals surface area contributed by atoms with E-state index in [4.69, 9.17) is 4.74 Å². The highest BCUT2D eigenvalue weighted by atomic mass is 32.1.